The third-order valence-electron chi connectivity index (χ3n) is 5.70. The molecule has 0 heterocycles. The van der Waals surface area contributed by atoms with Crippen LogP contribution in [0.25, 0.3) is 17.2 Å². The molecule has 0 saturated heterocycles. The van der Waals surface area contributed by atoms with E-state index in [-0.39, 0.29) is 8.41 Å². The van der Waals surface area contributed by atoms with Crippen molar-refractivity contribution in [3.05, 3.63) is 65.2 Å². The van der Waals surface area contributed by atoms with Gasteiger partial charge < -0.3 is 0 Å². The summed E-state index contributed by atoms with van der Waals surface area (Å²) < 4.78 is 0. The third kappa shape index (κ3) is 2.86. The summed E-state index contributed by atoms with van der Waals surface area (Å²) in [6.45, 7) is 4.97. The first-order valence-electron chi connectivity index (χ1n) is 9.28. The van der Waals surface area contributed by atoms with Crippen LogP contribution in [0.3, 0.4) is 0 Å². The van der Waals surface area contributed by atoms with Gasteiger partial charge in [-0.05, 0) is 53.9 Å². The molecule has 0 spiro atoms. The van der Waals surface area contributed by atoms with Crippen LogP contribution in [0.1, 0.15) is 36.8 Å². The van der Waals surface area contributed by atoms with E-state index in [1.165, 1.54) is 54.4 Å². The quantitative estimate of drug-likeness (QED) is 0.593. The molecular weight excluding hydrogens is 304 g/mol. The van der Waals surface area contributed by atoms with Crippen LogP contribution in [0.15, 0.2) is 54.1 Å². The highest BCUT2D eigenvalue weighted by Crippen LogP contribution is 2.39. The Bertz CT molecular complexity index is 807. The zero-order valence-electron chi connectivity index (χ0n) is 14.8. The molecule has 1 unspecified atom stereocenters. The summed E-state index contributed by atoms with van der Waals surface area (Å²) >= 11 is 0. The Kier molecular flexibility index (Phi) is 4.37. The summed E-state index contributed by atoms with van der Waals surface area (Å²) in [6, 6.07) is 17.7. The minimum absolute atomic E-state index is 0.293. The fourth-order valence-corrected chi connectivity index (χ4v) is 6.21. The Morgan fingerprint density at radius 1 is 0.917 bits per heavy atom. The molecule has 0 N–H and O–H groups in total. The van der Waals surface area contributed by atoms with Gasteiger partial charge in [0.25, 0.3) is 0 Å². The van der Waals surface area contributed by atoms with Gasteiger partial charge in [-0.15, -0.1) is 0 Å². The van der Waals surface area contributed by atoms with E-state index in [4.69, 9.17) is 0 Å². The Balaban J connectivity index is 1.75. The average molecular weight is 331 g/mol. The molecule has 24 heavy (non-hydrogen) atoms. The monoisotopic (exact) mass is 330 g/mol. The highest BCUT2D eigenvalue weighted by molar-refractivity contribution is 6.69. The van der Waals surface area contributed by atoms with Gasteiger partial charge >= 0.3 is 0 Å². The zero-order valence-corrected chi connectivity index (χ0v) is 15.8. The lowest BCUT2D eigenvalue weighted by Crippen LogP contribution is -2.26. The van der Waals surface area contributed by atoms with E-state index in [9.17, 15) is 0 Å². The summed E-state index contributed by atoms with van der Waals surface area (Å²) in [5.74, 6) is 0.763. The minimum atomic E-state index is -0.293. The zero-order chi connectivity index (χ0) is 16.5. The number of fused-ring (bicyclic) bond motifs is 1. The first-order chi connectivity index (χ1) is 11.7. The molecule has 1 heteroatoms. The summed E-state index contributed by atoms with van der Waals surface area (Å²) in [5.41, 5.74) is 7.44. The van der Waals surface area contributed by atoms with Crippen molar-refractivity contribution in [2.45, 2.75) is 45.2 Å². The molecule has 0 aliphatic heterocycles. The number of hydrogen-bond donors (Lipinski definition) is 0. The topological polar surface area (TPSA) is 0 Å². The number of hydrogen-bond acceptors (Lipinski definition) is 0. The molecule has 0 radical (unpaired) electrons. The number of allylic oxidation sites excluding steroid dienone is 1. The van der Waals surface area contributed by atoms with Crippen molar-refractivity contribution < 1.29 is 0 Å². The van der Waals surface area contributed by atoms with E-state index in [1.54, 1.807) is 5.57 Å². The predicted octanol–water partition coefficient (Wildman–Crippen LogP) is 5.99. The molecule has 122 valence electrons. The van der Waals surface area contributed by atoms with Crippen molar-refractivity contribution in [1.29, 1.82) is 0 Å². The van der Waals surface area contributed by atoms with Gasteiger partial charge in [-0.3, -0.25) is 0 Å². The van der Waals surface area contributed by atoms with Gasteiger partial charge in [0.05, 0.1) is 0 Å². The van der Waals surface area contributed by atoms with E-state index >= 15 is 0 Å². The van der Waals surface area contributed by atoms with Crippen LogP contribution in [0.2, 0.25) is 13.1 Å². The highest BCUT2D eigenvalue weighted by Gasteiger charge is 2.27. The van der Waals surface area contributed by atoms with E-state index in [0.29, 0.717) is 0 Å². The van der Waals surface area contributed by atoms with Crippen LogP contribution < -0.4 is 0 Å². The molecule has 2 aliphatic rings. The molecule has 1 saturated carbocycles. The maximum Gasteiger partial charge on any atom is 0.00301 e. The van der Waals surface area contributed by atoms with Crippen LogP contribution in [-0.2, 0) is 6.42 Å². The van der Waals surface area contributed by atoms with Crippen molar-refractivity contribution in [3.8, 4) is 11.1 Å². The van der Waals surface area contributed by atoms with E-state index in [0.717, 1.165) is 5.92 Å². The maximum atomic E-state index is 2.54. The largest absolute Gasteiger partial charge is 0.0828 e. The van der Waals surface area contributed by atoms with Crippen LogP contribution >= 0.6 is 0 Å². The van der Waals surface area contributed by atoms with E-state index < -0.39 is 0 Å². The summed E-state index contributed by atoms with van der Waals surface area (Å²) in [5, 5.41) is 1.89. The van der Waals surface area contributed by atoms with E-state index in [2.05, 4.69) is 67.7 Å². The highest BCUT2D eigenvalue weighted by atomic mass is 28.2. The van der Waals surface area contributed by atoms with Gasteiger partial charge in [0.1, 0.15) is 0 Å². The number of benzene rings is 2. The standard InChI is InChI=1S/C23H26Si/c1-24(2)23-14-7-6-12-21(23)19-15-18-11-8-13-20(22(18)16-19)17-9-4-3-5-10-17/h3-5,8-11,13,16,21H,6-7,12,14-15H2,1-2H3. The lowest BCUT2D eigenvalue weighted by atomic mass is 9.83. The molecule has 1 fully saturated rings. The first-order valence-corrected chi connectivity index (χ1v) is 11.8. The molecule has 0 nitrogen and oxygen atoms in total. The van der Waals surface area contributed by atoms with Crippen LogP contribution in [0.5, 0.6) is 0 Å². The van der Waals surface area contributed by atoms with Crippen LogP contribution in [0.4, 0.5) is 0 Å². The molecule has 1 atom stereocenters. The first kappa shape index (κ1) is 15.8. The predicted molar refractivity (Wildman–Crippen MR) is 108 cm³/mol. The van der Waals surface area contributed by atoms with Crippen molar-refractivity contribution in [2.75, 3.05) is 0 Å². The van der Waals surface area contributed by atoms with E-state index in [1.807, 2.05) is 5.17 Å². The second kappa shape index (κ2) is 6.64. The van der Waals surface area contributed by atoms with Gasteiger partial charge in [0, 0.05) is 8.41 Å². The van der Waals surface area contributed by atoms with Crippen LogP contribution in [-0.4, -0.2) is 13.6 Å². The Morgan fingerprint density at radius 3 is 2.54 bits per heavy atom. The summed E-state index contributed by atoms with van der Waals surface area (Å²) in [4.78, 5) is 0. The SMILES string of the molecule is C[Si](C)=C1CCCCC1C1=Cc2c(cccc2-c2ccccc2)C1. The summed E-state index contributed by atoms with van der Waals surface area (Å²) in [6.07, 6.45) is 9.29. The van der Waals surface area contributed by atoms with Gasteiger partial charge in [-0.2, -0.15) is 0 Å². The fourth-order valence-electron chi connectivity index (χ4n) is 4.51. The van der Waals surface area contributed by atoms with Gasteiger partial charge in [-0.1, -0.05) is 84.9 Å². The molecular formula is C23H26Si. The Hall–Kier alpha value is -1.73. The van der Waals surface area contributed by atoms with Gasteiger partial charge in [0.2, 0.25) is 0 Å². The third-order valence-corrected chi connectivity index (χ3v) is 7.59. The molecule has 2 aromatic rings. The smallest absolute Gasteiger partial charge is 0.00301 e. The van der Waals surface area contributed by atoms with Crippen molar-refractivity contribution in [2.24, 2.45) is 5.92 Å². The lowest BCUT2D eigenvalue weighted by Gasteiger charge is -2.28. The molecule has 0 amide bonds. The average Bonchev–Trinajstić information content (AvgIpc) is 3.06. The minimum Gasteiger partial charge on any atom is -0.0828 e. The Morgan fingerprint density at radius 2 is 1.75 bits per heavy atom. The number of rotatable bonds is 2. The maximum absolute atomic E-state index is 2.54. The van der Waals surface area contributed by atoms with Crippen molar-refractivity contribution >= 4 is 19.7 Å². The second-order valence-corrected chi connectivity index (χ2v) is 10.1. The molecule has 0 aromatic heterocycles. The molecule has 2 aliphatic carbocycles. The second-order valence-electron chi connectivity index (χ2n) is 7.46. The normalized spacial score (nSPS) is 19.8. The fraction of sp³-hybridized carbons (Fsp3) is 0.348. The molecule has 4 rings (SSSR count). The van der Waals surface area contributed by atoms with Crippen LogP contribution in [0, 0.1) is 5.92 Å². The van der Waals surface area contributed by atoms with Crippen molar-refractivity contribution in [1.82, 2.24) is 0 Å². The van der Waals surface area contributed by atoms with Gasteiger partial charge in [-0.25, -0.2) is 0 Å². The molecule has 0 bridgehead atoms. The van der Waals surface area contributed by atoms with Crippen molar-refractivity contribution in [3.63, 3.8) is 0 Å². The van der Waals surface area contributed by atoms with Gasteiger partial charge in [0.15, 0.2) is 0 Å². The Labute approximate surface area is 147 Å². The lowest BCUT2D eigenvalue weighted by molar-refractivity contribution is 0.580. The summed E-state index contributed by atoms with van der Waals surface area (Å²) in [7, 11) is -0.293. The molecule has 2 aromatic carbocycles.